The predicted octanol–water partition coefficient (Wildman–Crippen LogP) is 2.23. The number of hydrogen-bond acceptors (Lipinski definition) is 5. The number of ether oxygens (including phenoxy) is 2. The van der Waals surface area contributed by atoms with Crippen molar-refractivity contribution in [2.75, 3.05) is 27.8 Å². The minimum absolute atomic E-state index is 0.0119. The number of amides is 1. The van der Waals surface area contributed by atoms with E-state index in [0.29, 0.717) is 30.0 Å². The fourth-order valence-corrected chi connectivity index (χ4v) is 3.99. The summed E-state index contributed by atoms with van der Waals surface area (Å²) in [6, 6.07) is 12.8. The van der Waals surface area contributed by atoms with E-state index < -0.39 is 16.1 Å². The Bertz CT molecular complexity index is 1140. The Hall–Kier alpha value is -3.33. The van der Waals surface area contributed by atoms with Gasteiger partial charge in [0.2, 0.25) is 0 Å². The Kier molecular flexibility index (Phi) is 6.65. The lowest BCUT2D eigenvalue weighted by Gasteiger charge is -2.23. The fraction of sp³-hybridized carbons (Fsp3) is 0.273. The molecule has 2 aromatic carbocycles. The number of allylic oxidation sites excluding steroid dienone is 1. The van der Waals surface area contributed by atoms with Crippen molar-refractivity contribution in [3.63, 3.8) is 0 Å². The van der Waals surface area contributed by atoms with Crippen molar-refractivity contribution >= 4 is 21.8 Å². The van der Waals surface area contributed by atoms with Crippen molar-refractivity contribution in [1.82, 2.24) is 9.62 Å². The van der Waals surface area contributed by atoms with Crippen LogP contribution in [0.1, 0.15) is 16.7 Å². The van der Waals surface area contributed by atoms with E-state index in [-0.39, 0.29) is 11.4 Å². The summed E-state index contributed by atoms with van der Waals surface area (Å²) in [6.45, 7) is 2.25. The van der Waals surface area contributed by atoms with E-state index in [9.17, 15) is 13.2 Å². The van der Waals surface area contributed by atoms with Crippen LogP contribution in [0.3, 0.4) is 0 Å². The van der Waals surface area contributed by atoms with Gasteiger partial charge < -0.3 is 14.8 Å². The second-order valence-electron chi connectivity index (χ2n) is 7.01. The number of rotatable bonds is 7. The molecule has 0 saturated carbocycles. The molecule has 1 aliphatic heterocycles. The van der Waals surface area contributed by atoms with E-state index >= 15 is 0 Å². The van der Waals surface area contributed by atoms with Gasteiger partial charge in [0, 0.05) is 19.2 Å². The van der Waals surface area contributed by atoms with E-state index in [2.05, 4.69) is 9.71 Å². The zero-order valence-electron chi connectivity index (χ0n) is 17.9. The molecule has 0 spiro atoms. The Morgan fingerprint density at radius 2 is 1.74 bits per heavy atom. The molecule has 1 heterocycles. The molecular weight excluding hydrogens is 418 g/mol. The number of carbonyl (C=O) groups excluding carboxylic acids is 1. The van der Waals surface area contributed by atoms with Crippen molar-refractivity contribution in [3.05, 3.63) is 70.9 Å². The number of benzene rings is 2. The summed E-state index contributed by atoms with van der Waals surface area (Å²) in [7, 11) is 0.437. The maximum atomic E-state index is 12.8. The monoisotopic (exact) mass is 443 g/mol. The van der Waals surface area contributed by atoms with Crippen LogP contribution in [0.2, 0.25) is 0 Å². The summed E-state index contributed by atoms with van der Waals surface area (Å²) in [6.07, 6.45) is 2.02. The van der Waals surface area contributed by atoms with Crippen molar-refractivity contribution in [3.8, 4) is 11.5 Å². The zero-order valence-corrected chi connectivity index (χ0v) is 18.7. The van der Waals surface area contributed by atoms with Gasteiger partial charge in [0.15, 0.2) is 11.5 Å². The molecule has 0 bridgehead atoms. The van der Waals surface area contributed by atoms with Crippen LogP contribution in [0.15, 0.2) is 58.6 Å². The summed E-state index contributed by atoms with van der Waals surface area (Å²) in [4.78, 5) is 12.8. The van der Waals surface area contributed by atoms with E-state index in [4.69, 9.17) is 9.47 Å². The standard InChI is InChI=1S/C22H25N3O5S/c1-15-5-8-17(9-6-15)18-14-19(25(2)31(27,28)24-18)22(26)23-12-11-16-7-10-20(29-3)21(13-16)30-4/h5-10,13-14H,11-12H2,1-4H3,(H,23,26). The zero-order chi connectivity index (χ0) is 22.6. The molecule has 1 N–H and O–H groups in total. The van der Waals surface area contributed by atoms with Gasteiger partial charge >= 0.3 is 10.2 Å². The summed E-state index contributed by atoms with van der Waals surface area (Å²) in [5.41, 5.74) is 2.84. The largest absolute Gasteiger partial charge is 0.493 e. The molecule has 3 rings (SSSR count). The molecule has 0 aromatic heterocycles. The fourth-order valence-electron chi connectivity index (χ4n) is 3.07. The summed E-state index contributed by atoms with van der Waals surface area (Å²) in [5, 5.41) is 2.78. The first-order chi connectivity index (χ1) is 14.7. The number of carbonyl (C=O) groups is 1. The molecule has 0 saturated heterocycles. The van der Waals surface area contributed by atoms with Crippen LogP contribution in [0.5, 0.6) is 11.5 Å². The highest BCUT2D eigenvalue weighted by Crippen LogP contribution is 2.27. The lowest BCUT2D eigenvalue weighted by Crippen LogP contribution is -2.39. The summed E-state index contributed by atoms with van der Waals surface area (Å²) < 4.78 is 40.2. The maximum absolute atomic E-state index is 12.8. The molecule has 164 valence electrons. The molecular formula is C22H25N3O5S. The molecule has 8 nitrogen and oxygen atoms in total. The quantitative estimate of drug-likeness (QED) is 0.708. The van der Waals surface area contributed by atoms with Crippen LogP contribution in [0, 0.1) is 6.92 Å². The average molecular weight is 444 g/mol. The molecule has 0 aliphatic carbocycles. The highest BCUT2D eigenvalue weighted by Gasteiger charge is 2.29. The van der Waals surface area contributed by atoms with Crippen LogP contribution in [-0.2, 0) is 21.4 Å². The minimum atomic E-state index is -4.00. The van der Waals surface area contributed by atoms with E-state index in [1.807, 2.05) is 31.2 Å². The first-order valence-corrected chi connectivity index (χ1v) is 11.0. The first-order valence-electron chi connectivity index (χ1n) is 9.62. The van der Waals surface area contributed by atoms with Gasteiger partial charge in [-0.1, -0.05) is 35.9 Å². The Balaban J connectivity index is 1.74. The molecule has 0 atom stereocenters. The normalized spacial score (nSPS) is 15.0. The molecule has 0 unspecified atom stereocenters. The summed E-state index contributed by atoms with van der Waals surface area (Å²) >= 11 is 0. The number of nitrogens with one attached hydrogen (secondary N) is 1. The van der Waals surface area contributed by atoms with Gasteiger partial charge in [-0.2, -0.15) is 8.42 Å². The van der Waals surface area contributed by atoms with E-state index in [1.165, 1.54) is 13.1 Å². The van der Waals surface area contributed by atoms with Crippen LogP contribution in [0.4, 0.5) is 0 Å². The first kappa shape index (κ1) is 22.4. The molecule has 0 fully saturated rings. The number of hydrogen-bond donors (Lipinski definition) is 1. The lowest BCUT2D eigenvalue weighted by atomic mass is 10.1. The Morgan fingerprint density at radius 3 is 2.39 bits per heavy atom. The molecule has 1 amide bonds. The molecule has 31 heavy (non-hydrogen) atoms. The maximum Gasteiger partial charge on any atom is 0.345 e. The van der Waals surface area contributed by atoms with Crippen LogP contribution in [0.25, 0.3) is 0 Å². The molecule has 1 aliphatic rings. The van der Waals surface area contributed by atoms with Crippen molar-refractivity contribution in [2.45, 2.75) is 13.3 Å². The van der Waals surface area contributed by atoms with Gasteiger partial charge in [0.25, 0.3) is 5.91 Å². The topological polar surface area (TPSA) is 97.3 Å². The van der Waals surface area contributed by atoms with Crippen molar-refractivity contribution in [1.29, 1.82) is 0 Å². The van der Waals surface area contributed by atoms with Gasteiger partial charge in [-0.15, -0.1) is 4.40 Å². The molecule has 9 heteroatoms. The number of methoxy groups -OCH3 is 2. The van der Waals surface area contributed by atoms with Gasteiger partial charge in [0.05, 0.1) is 19.9 Å². The SMILES string of the molecule is COc1ccc(CCNC(=O)C2=CC(c3ccc(C)cc3)=NS(=O)(=O)N2C)cc1OC. The number of likely N-dealkylation sites (N-methyl/N-ethyl adjacent to an activating group) is 1. The van der Waals surface area contributed by atoms with Crippen molar-refractivity contribution in [2.24, 2.45) is 4.40 Å². The highest BCUT2D eigenvalue weighted by molar-refractivity contribution is 7.88. The highest BCUT2D eigenvalue weighted by atomic mass is 32.2. The van der Waals surface area contributed by atoms with Crippen LogP contribution < -0.4 is 14.8 Å². The third-order valence-electron chi connectivity index (χ3n) is 4.90. The second kappa shape index (κ2) is 9.22. The summed E-state index contributed by atoms with van der Waals surface area (Å²) in [5.74, 6) is 0.731. The van der Waals surface area contributed by atoms with Crippen LogP contribution >= 0.6 is 0 Å². The average Bonchev–Trinajstić information content (AvgIpc) is 2.75. The van der Waals surface area contributed by atoms with Gasteiger partial charge in [0.1, 0.15) is 5.70 Å². The van der Waals surface area contributed by atoms with Crippen molar-refractivity contribution < 1.29 is 22.7 Å². The number of aryl methyl sites for hydroxylation is 1. The van der Waals surface area contributed by atoms with Gasteiger partial charge in [-0.05, 0) is 37.1 Å². The second-order valence-corrected chi connectivity index (χ2v) is 8.64. The molecule has 0 radical (unpaired) electrons. The predicted molar refractivity (Wildman–Crippen MR) is 119 cm³/mol. The van der Waals surface area contributed by atoms with E-state index in [1.54, 1.807) is 32.4 Å². The lowest BCUT2D eigenvalue weighted by molar-refractivity contribution is -0.118. The third kappa shape index (κ3) is 5.05. The van der Waals surface area contributed by atoms with E-state index in [0.717, 1.165) is 15.4 Å². The smallest absolute Gasteiger partial charge is 0.345 e. The minimum Gasteiger partial charge on any atom is -0.493 e. The number of nitrogens with zero attached hydrogens (tertiary/aromatic N) is 2. The van der Waals surface area contributed by atoms with Gasteiger partial charge in [-0.3, -0.25) is 4.79 Å². The van der Waals surface area contributed by atoms with Crippen LogP contribution in [-0.4, -0.2) is 52.2 Å². The molecule has 2 aromatic rings. The Morgan fingerprint density at radius 1 is 1.06 bits per heavy atom. The van der Waals surface area contributed by atoms with Gasteiger partial charge in [-0.25, -0.2) is 4.31 Å². The Labute approximate surface area is 182 Å². The third-order valence-corrected chi connectivity index (χ3v) is 6.22.